The van der Waals surface area contributed by atoms with Gasteiger partial charge in [0.25, 0.3) is 0 Å². The van der Waals surface area contributed by atoms with Crippen LogP contribution in [0.2, 0.25) is 5.02 Å². The number of halogens is 5. The maximum absolute atomic E-state index is 14.3. The Morgan fingerprint density at radius 2 is 2.03 bits per heavy atom. The van der Waals surface area contributed by atoms with Crippen LogP contribution in [0.1, 0.15) is 6.92 Å². The van der Waals surface area contributed by atoms with Crippen LogP contribution in [0.4, 0.5) is 23.4 Å². The number of carbonyl (C=O) groups is 2. The van der Waals surface area contributed by atoms with E-state index in [9.17, 15) is 27.2 Å². The molecule has 3 heterocycles. The third kappa shape index (κ3) is 5.70. The van der Waals surface area contributed by atoms with Gasteiger partial charge in [0.2, 0.25) is 11.8 Å². The average Bonchev–Trinajstić information content (AvgIpc) is 3.35. The monoisotopic (exact) mass is 511 g/mol. The Labute approximate surface area is 201 Å². The summed E-state index contributed by atoms with van der Waals surface area (Å²) in [5.74, 6) is -2.97. The Hall–Kier alpha value is -3.67. The fourth-order valence-electron chi connectivity index (χ4n) is 3.59. The molecule has 2 amide bonds. The van der Waals surface area contributed by atoms with Gasteiger partial charge in [-0.3, -0.25) is 14.6 Å². The van der Waals surface area contributed by atoms with E-state index in [-0.39, 0.29) is 40.3 Å². The van der Waals surface area contributed by atoms with Gasteiger partial charge in [-0.1, -0.05) is 18.5 Å². The number of rotatable bonds is 6. The third-order valence-corrected chi connectivity index (χ3v) is 5.52. The van der Waals surface area contributed by atoms with E-state index in [0.717, 1.165) is 12.1 Å². The van der Waals surface area contributed by atoms with Crippen molar-refractivity contribution in [3.63, 3.8) is 0 Å². The van der Waals surface area contributed by atoms with Crippen LogP contribution >= 0.6 is 11.6 Å². The maximum Gasteiger partial charge on any atom is 0.422 e. The summed E-state index contributed by atoms with van der Waals surface area (Å²) < 4.78 is 58.0. The predicted octanol–water partition coefficient (Wildman–Crippen LogP) is 3.99. The molecule has 0 spiro atoms. The zero-order chi connectivity index (χ0) is 25.3. The standard InChI is InChI=1S/C22H18ClF4N5O3/c1-11-17(9-29-20(11)33)21(34)30-19-6-18(32(31-19)15-4-13(23)7-28-8-15)12-2-14(24)5-16(3-12)35-10-22(25,26)27/h2-8,11,17H,9-10H2,1H3,(H,29,33)(H,30,31,34)/t11-,17+/m1/s1. The van der Waals surface area contributed by atoms with E-state index in [0.29, 0.717) is 5.69 Å². The van der Waals surface area contributed by atoms with Crippen molar-refractivity contribution in [3.05, 3.63) is 53.6 Å². The lowest BCUT2D eigenvalue weighted by Crippen LogP contribution is -2.28. The number of hydrogen-bond donors (Lipinski definition) is 2. The first-order valence-corrected chi connectivity index (χ1v) is 10.7. The average molecular weight is 512 g/mol. The quantitative estimate of drug-likeness (QED) is 0.488. The third-order valence-electron chi connectivity index (χ3n) is 5.32. The van der Waals surface area contributed by atoms with E-state index in [1.807, 2.05) is 0 Å². The van der Waals surface area contributed by atoms with Gasteiger partial charge in [-0.05, 0) is 18.2 Å². The van der Waals surface area contributed by atoms with Gasteiger partial charge in [0.05, 0.1) is 28.5 Å². The first-order chi connectivity index (χ1) is 16.5. The number of ether oxygens (including phenoxy) is 1. The summed E-state index contributed by atoms with van der Waals surface area (Å²) in [6.07, 6.45) is -1.81. The molecule has 0 bridgehead atoms. The lowest BCUT2D eigenvalue weighted by Gasteiger charge is -2.12. The SMILES string of the molecule is C[C@H]1C(=O)NC[C@@H]1C(=O)Nc1cc(-c2cc(F)cc(OCC(F)(F)F)c2)n(-c2cncc(Cl)c2)n1. The van der Waals surface area contributed by atoms with E-state index in [1.54, 1.807) is 6.92 Å². The van der Waals surface area contributed by atoms with Crippen LogP contribution < -0.4 is 15.4 Å². The highest BCUT2D eigenvalue weighted by molar-refractivity contribution is 6.30. The van der Waals surface area contributed by atoms with E-state index >= 15 is 0 Å². The molecule has 0 radical (unpaired) electrons. The van der Waals surface area contributed by atoms with Crippen LogP contribution in [0.5, 0.6) is 5.75 Å². The van der Waals surface area contributed by atoms with Crippen LogP contribution in [0.25, 0.3) is 16.9 Å². The number of anilines is 1. The number of alkyl halides is 3. The largest absolute Gasteiger partial charge is 0.484 e. The van der Waals surface area contributed by atoms with Crippen molar-refractivity contribution in [1.29, 1.82) is 0 Å². The lowest BCUT2D eigenvalue weighted by molar-refractivity contribution is -0.153. The highest BCUT2D eigenvalue weighted by atomic mass is 35.5. The number of amides is 2. The smallest absolute Gasteiger partial charge is 0.422 e. The highest BCUT2D eigenvalue weighted by Crippen LogP contribution is 2.31. The molecule has 4 rings (SSSR count). The molecule has 0 unspecified atom stereocenters. The summed E-state index contributed by atoms with van der Waals surface area (Å²) in [6, 6.07) is 6.05. The van der Waals surface area contributed by atoms with Gasteiger partial charge in [-0.25, -0.2) is 9.07 Å². The van der Waals surface area contributed by atoms with Gasteiger partial charge in [0, 0.05) is 36.4 Å². The molecule has 1 fully saturated rings. The second kappa shape index (κ2) is 9.53. The van der Waals surface area contributed by atoms with Gasteiger partial charge in [0.15, 0.2) is 12.4 Å². The van der Waals surface area contributed by atoms with Crippen LogP contribution in [0, 0.1) is 17.7 Å². The molecule has 1 saturated heterocycles. The molecular weight excluding hydrogens is 494 g/mol. The van der Waals surface area contributed by atoms with Gasteiger partial charge in [0.1, 0.15) is 11.6 Å². The number of benzene rings is 1. The summed E-state index contributed by atoms with van der Waals surface area (Å²) in [4.78, 5) is 28.5. The Balaban J connectivity index is 1.72. The van der Waals surface area contributed by atoms with Crippen molar-refractivity contribution in [3.8, 4) is 22.7 Å². The van der Waals surface area contributed by atoms with Crippen LogP contribution in [-0.4, -0.2) is 45.9 Å². The van der Waals surface area contributed by atoms with Gasteiger partial charge in [-0.2, -0.15) is 13.2 Å². The number of nitrogens with one attached hydrogen (secondary N) is 2. The number of pyridine rings is 1. The fourth-order valence-corrected chi connectivity index (χ4v) is 3.76. The topological polar surface area (TPSA) is 98.1 Å². The second-order valence-electron chi connectivity index (χ2n) is 7.90. The molecule has 2 atom stereocenters. The number of carbonyl (C=O) groups excluding carboxylic acids is 2. The number of hydrogen-bond acceptors (Lipinski definition) is 5. The van der Waals surface area contributed by atoms with Gasteiger partial charge in [-0.15, -0.1) is 5.10 Å². The summed E-state index contributed by atoms with van der Waals surface area (Å²) in [7, 11) is 0. The van der Waals surface area contributed by atoms with Crippen molar-refractivity contribution >= 4 is 29.2 Å². The molecule has 2 aromatic heterocycles. The van der Waals surface area contributed by atoms with E-state index in [1.165, 1.54) is 35.3 Å². The van der Waals surface area contributed by atoms with Gasteiger partial charge < -0.3 is 15.4 Å². The Kier molecular flexibility index (Phi) is 6.66. The molecule has 35 heavy (non-hydrogen) atoms. The molecule has 8 nitrogen and oxygen atoms in total. The predicted molar refractivity (Wildman–Crippen MR) is 118 cm³/mol. The first-order valence-electron chi connectivity index (χ1n) is 10.3. The summed E-state index contributed by atoms with van der Waals surface area (Å²) in [5.41, 5.74) is 0.691. The number of nitrogens with zero attached hydrogens (tertiary/aromatic N) is 3. The summed E-state index contributed by atoms with van der Waals surface area (Å²) in [6.45, 7) is 0.200. The minimum Gasteiger partial charge on any atom is -0.484 e. The van der Waals surface area contributed by atoms with E-state index in [2.05, 4.69) is 20.7 Å². The fraction of sp³-hybridized carbons (Fsp3) is 0.273. The molecule has 0 saturated carbocycles. The van der Waals surface area contributed by atoms with Crippen molar-refractivity contribution in [2.24, 2.45) is 11.8 Å². The minimum atomic E-state index is -4.61. The number of aromatic nitrogens is 3. The van der Waals surface area contributed by atoms with Crippen molar-refractivity contribution in [2.45, 2.75) is 13.1 Å². The molecule has 0 aliphatic carbocycles. The molecule has 3 aromatic rings. The molecular formula is C22H18ClF4N5O3. The normalized spacial score (nSPS) is 17.8. The van der Waals surface area contributed by atoms with E-state index < -0.39 is 36.3 Å². The zero-order valence-electron chi connectivity index (χ0n) is 18.1. The van der Waals surface area contributed by atoms with E-state index in [4.69, 9.17) is 16.3 Å². The molecule has 1 aromatic carbocycles. The Bertz CT molecular complexity index is 1280. The Morgan fingerprint density at radius 3 is 2.69 bits per heavy atom. The van der Waals surface area contributed by atoms with Crippen molar-refractivity contribution in [2.75, 3.05) is 18.5 Å². The highest BCUT2D eigenvalue weighted by Gasteiger charge is 2.36. The summed E-state index contributed by atoms with van der Waals surface area (Å²) in [5, 5.41) is 9.85. The maximum atomic E-state index is 14.3. The molecule has 13 heteroatoms. The lowest BCUT2D eigenvalue weighted by atomic mass is 9.97. The van der Waals surface area contributed by atoms with Crippen molar-refractivity contribution < 1.29 is 31.9 Å². The van der Waals surface area contributed by atoms with Crippen LogP contribution in [0.3, 0.4) is 0 Å². The zero-order valence-corrected chi connectivity index (χ0v) is 18.8. The molecule has 2 N–H and O–H groups in total. The van der Waals surface area contributed by atoms with Gasteiger partial charge >= 0.3 is 6.18 Å². The summed E-state index contributed by atoms with van der Waals surface area (Å²) >= 11 is 6.04. The van der Waals surface area contributed by atoms with Crippen LogP contribution in [0.15, 0.2) is 42.7 Å². The van der Waals surface area contributed by atoms with Crippen LogP contribution in [-0.2, 0) is 9.59 Å². The molecule has 184 valence electrons. The second-order valence-corrected chi connectivity index (χ2v) is 8.33. The molecule has 1 aliphatic rings. The Morgan fingerprint density at radius 1 is 1.26 bits per heavy atom. The minimum absolute atomic E-state index is 0.0681. The first kappa shape index (κ1) is 24.5. The molecule has 1 aliphatic heterocycles. The van der Waals surface area contributed by atoms with Crippen molar-refractivity contribution in [1.82, 2.24) is 20.1 Å².